The van der Waals surface area contributed by atoms with E-state index in [1.54, 1.807) is 10.9 Å². The lowest BCUT2D eigenvalue weighted by atomic mass is 10.2. The van der Waals surface area contributed by atoms with Crippen molar-refractivity contribution < 1.29 is 0 Å². The second kappa shape index (κ2) is 5.48. The number of nitrogens with one attached hydrogen (secondary N) is 1. The molecule has 3 rings (SSSR count). The highest BCUT2D eigenvalue weighted by Crippen LogP contribution is 2.09. The van der Waals surface area contributed by atoms with E-state index in [0.717, 1.165) is 19.4 Å². The van der Waals surface area contributed by atoms with Crippen LogP contribution in [0.1, 0.15) is 26.7 Å². The molecule has 0 radical (unpaired) electrons. The van der Waals surface area contributed by atoms with Gasteiger partial charge in [-0.05, 0) is 33.2 Å². The zero-order valence-corrected chi connectivity index (χ0v) is 12.5. The summed E-state index contributed by atoms with van der Waals surface area (Å²) >= 11 is 0. The van der Waals surface area contributed by atoms with E-state index in [4.69, 9.17) is 0 Å². The number of rotatable bonds is 4. The molecule has 1 saturated heterocycles. The minimum Gasteiger partial charge on any atom is -0.325 e. The van der Waals surface area contributed by atoms with E-state index in [1.807, 2.05) is 18.4 Å². The van der Waals surface area contributed by atoms with Gasteiger partial charge in [-0.2, -0.15) is 0 Å². The van der Waals surface area contributed by atoms with Crippen molar-refractivity contribution in [1.29, 1.82) is 0 Å². The molecule has 1 aliphatic rings. The zero-order valence-electron chi connectivity index (χ0n) is 12.5. The number of imidazole rings is 1. The normalized spacial score (nSPS) is 18.7. The summed E-state index contributed by atoms with van der Waals surface area (Å²) in [5.74, 6) is 0. The molecule has 1 fully saturated rings. The van der Waals surface area contributed by atoms with Crippen LogP contribution < -0.4 is 16.6 Å². The van der Waals surface area contributed by atoms with Crippen LogP contribution in [0.2, 0.25) is 0 Å². The molecule has 2 aromatic heterocycles. The first-order valence-corrected chi connectivity index (χ1v) is 7.59. The first-order chi connectivity index (χ1) is 10.2. The molecular weight excluding hydrogens is 270 g/mol. The lowest BCUT2D eigenvalue weighted by Crippen LogP contribution is -2.44. The van der Waals surface area contributed by atoms with Crippen LogP contribution in [0.25, 0.3) is 11.2 Å². The van der Waals surface area contributed by atoms with Crippen LogP contribution in [-0.4, -0.2) is 31.3 Å². The molecule has 0 spiro atoms. The fourth-order valence-electron chi connectivity index (χ4n) is 3.06. The topological polar surface area (TPSA) is 73.8 Å². The van der Waals surface area contributed by atoms with Gasteiger partial charge in [0.05, 0.1) is 6.33 Å². The summed E-state index contributed by atoms with van der Waals surface area (Å²) in [5, 5.41) is 3.34. The molecule has 21 heavy (non-hydrogen) atoms. The number of nitrogens with zero attached hydrogens (tertiary/aromatic N) is 4. The Balaban J connectivity index is 2.22. The van der Waals surface area contributed by atoms with E-state index >= 15 is 0 Å². The Morgan fingerprint density at radius 1 is 1.29 bits per heavy atom. The van der Waals surface area contributed by atoms with Crippen LogP contribution in [-0.2, 0) is 19.6 Å². The highest BCUT2D eigenvalue weighted by atomic mass is 16.2. The van der Waals surface area contributed by atoms with Gasteiger partial charge >= 0.3 is 5.69 Å². The third-order valence-electron chi connectivity index (χ3n) is 4.21. The monoisotopic (exact) mass is 291 g/mol. The Morgan fingerprint density at radius 3 is 2.71 bits per heavy atom. The molecule has 0 bridgehead atoms. The third kappa shape index (κ3) is 2.21. The van der Waals surface area contributed by atoms with E-state index in [0.29, 0.717) is 30.8 Å². The minimum absolute atomic E-state index is 0.205. The van der Waals surface area contributed by atoms with Crippen LogP contribution >= 0.6 is 0 Å². The van der Waals surface area contributed by atoms with E-state index in [-0.39, 0.29) is 17.3 Å². The molecule has 114 valence electrons. The predicted molar refractivity (Wildman–Crippen MR) is 80.6 cm³/mol. The first kappa shape index (κ1) is 14.1. The molecule has 7 heteroatoms. The van der Waals surface area contributed by atoms with Gasteiger partial charge in [0.1, 0.15) is 0 Å². The van der Waals surface area contributed by atoms with Gasteiger partial charge in [0.25, 0.3) is 5.56 Å². The van der Waals surface area contributed by atoms with E-state index in [9.17, 15) is 9.59 Å². The lowest BCUT2D eigenvalue weighted by Gasteiger charge is -2.14. The smallest absolute Gasteiger partial charge is 0.325 e. The van der Waals surface area contributed by atoms with Crippen molar-refractivity contribution in [2.75, 3.05) is 6.54 Å². The number of hydrogen-bond donors (Lipinski definition) is 1. The van der Waals surface area contributed by atoms with Crippen molar-refractivity contribution in [3.05, 3.63) is 27.2 Å². The summed E-state index contributed by atoms with van der Waals surface area (Å²) in [6.45, 7) is 6.42. The Kier molecular flexibility index (Phi) is 3.67. The molecule has 0 aliphatic carbocycles. The number of fused-ring (bicyclic) bond motifs is 1. The minimum atomic E-state index is -0.259. The largest absolute Gasteiger partial charge is 0.332 e. The van der Waals surface area contributed by atoms with Crippen molar-refractivity contribution in [3.63, 3.8) is 0 Å². The van der Waals surface area contributed by atoms with Crippen LogP contribution in [0.3, 0.4) is 0 Å². The van der Waals surface area contributed by atoms with Crippen LogP contribution in [0.4, 0.5) is 0 Å². The van der Waals surface area contributed by atoms with Crippen LogP contribution in [0.5, 0.6) is 0 Å². The quantitative estimate of drug-likeness (QED) is 0.870. The van der Waals surface area contributed by atoms with Gasteiger partial charge in [-0.15, -0.1) is 0 Å². The Labute approximate surface area is 122 Å². The molecule has 3 heterocycles. The van der Waals surface area contributed by atoms with Crippen molar-refractivity contribution >= 4 is 11.2 Å². The highest BCUT2D eigenvalue weighted by Gasteiger charge is 2.21. The number of hydrogen-bond acceptors (Lipinski definition) is 4. The Hall–Kier alpha value is -1.89. The molecule has 0 aromatic carbocycles. The SMILES string of the molecule is CCn1cnc2c1c(=O)n(CC1CCCN1)c(=O)n2CC. The maximum absolute atomic E-state index is 12.7. The summed E-state index contributed by atoms with van der Waals surface area (Å²) in [4.78, 5) is 29.5. The number of aromatic nitrogens is 4. The molecule has 1 unspecified atom stereocenters. The average Bonchev–Trinajstić information content (AvgIpc) is 3.13. The fourth-order valence-corrected chi connectivity index (χ4v) is 3.06. The second-order valence-electron chi connectivity index (χ2n) is 5.44. The van der Waals surface area contributed by atoms with Crippen molar-refractivity contribution in [2.45, 2.75) is 52.4 Å². The first-order valence-electron chi connectivity index (χ1n) is 7.59. The molecule has 1 atom stereocenters. The molecule has 0 saturated carbocycles. The Morgan fingerprint density at radius 2 is 2.10 bits per heavy atom. The van der Waals surface area contributed by atoms with Gasteiger partial charge in [-0.3, -0.25) is 13.9 Å². The van der Waals surface area contributed by atoms with Gasteiger partial charge in [-0.1, -0.05) is 0 Å². The zero-order chi connectivity index (χ0) is 15.0. The van der Waals surface area contributed by atoms with E-state index in [2.05, 4.69) is 10.3 Å². The average molecular weight is 291 g/mol. The van der Waals surface area contributed by atoms with E-state index < -0.39 is 0 Å². The molecule has 1 aliphatic heterocycles. The van der Waals surface area contributed by atoms with Crippen LogP contribution in [0.15, 0.2) is 15.9 Å². The van der Waals surface area contributed by atoms with Gasteiger partial charge < -0.3 is 9.88 Å². The standard InChI is InChI=1S/C14H21N5O2/c1-3-17-9-16-12-11(17)13(20)19(14(21)18(12)4-2)8-10-6-5-7-15-10/h9-10,15H,3-8H2,1-2H3. The summed E-state index contributed by atoms with van der Waals surface area (Å²) in [7, 11) is 0. The highest BCUT2D eigenvalue weighted by molar-refractivity contribution is 5.70. The Bertz CT molecular complexity index is 764. The molecule has 0 amide bonds. The van der Waals surface area contributed by atoms with Crippen molar-refractivity contribution in [2.24, 2.45) is 0 Å². The van der Waals surface area contributed by atoms with Crippen molar-refractivity contribution in [1.82, 2.24) is 24.0 Å². The molecular formula is C14H21N5O2. The molecule has 1 N–H and O–H groups in total. The van der Waals surface area contributed by atoms with Gasteiger partial charge in [0.15, 0.2) is 11.2 Å². The second-order valence-corrected chi connectivity index (χ2v) is 5.44. The van der Waals surface area contributed by atoms with Gasteiger partial charge in [0, 0.05) is 25.7 Å². The molecule has 7 nitrogen and oxygen atoms in total. The van der Waals surface area contributed by atoms with E-state index in [1.165, 1.54) is 4.57 Å². The maximum Gasteiger partial charge on any atom is 0.332 e. The summed E-state index contributed by atoms with van der Waals surface area (Å²) < 4.78 is 4.75. The lowest BCUT2D eigenvalue weighted by molar-refractivity contribution is 0.472. The predicted octanol–water partition coefficient (Wildman–Crippen LogP) is 0.152. The third-order valence-corrected chi connectivity index (χ3v) is 4.21. The van der Waals surface area contributed by atoms with Gasteiger partial charge in [0.2, 0.25) is 0 Å². The van der Waals surface area contributed by atoms with Gasteiger partial charge in [-0.25, -0.2) is 9.78 Å². The maximum atomic E-state index is 12.7. The summed E-state index contributed by atoms with van der Waals surface area (Å²) in [6, 6.07) is 0.205. The van der Waals surface area contributed by atoms with Crippen LogP contribution in [0, 0.1) is 0 Å². The fraction of sp³-hybridized carbons (Fsp3) is 0.643. The molecule has 2 aromatic rings. The summed E-state index contributed by atoms with van der Waals surface area (Å²) in [6.07, 6.45) is 3.73. The number of aryl methyl sites for hydroxylation is 2. The van der Waals surface area contributed by atoms with Crippen molar-refractivity contribution in [3.8, 4) is 0 Å². The summed E-state index contributed by atoms with van der Waals surface area (Å²) in [5.41, 5.74) is 0.528.